The molecule has 190 valence electrons. The van der Waals surface area contributed by atoms with Gasteiger partial charge in [-0.1, -0.05) is 0 Å². The second kappa shape index (κ2) is 10.1. The summed E-state index contributed by atoms with van der Waals surface area (Å²) in [6.45, 7) is 0.809. The number of alkyl halides is 2. The Bertz CT molecular complexity index is 817. The van der Waals surface area contributed by atoms with Crippen molar-refractivity contribution in [1.82, 2.24) is 0 Å². The highest BCUT2D eigenvalue weighted by molar-refractivity contribution is 7.85. The first kappa shape index (κ1) is 26.2. The summed E-state index contributed by atoms with van der Waals surface area (Å²) in [7, 11) is -5.10. The Hall–Kier alpha value is -1.41. The fourth-order valence-corrected chi connectivity index (χ4v) is 6.40. The average Bonchev–Trinajstić information content (AvgIpc) is 2.66. The van der Waals surface area contributed by atoms with E-state index in [0.717, 1.165) is 6.42 Å². The Morgan fingerprint density at radius 3 is 2.12 bits per heavy atom. The quantitative estimate of drug-likeness (QED) is 0.213. The Labute approximate surface area is 190 Å². The molecule has 13 heteroatoms. The number of hydrogen-bond acceptors (Lipinski definition) is 9. The van der Waals surface area contributed by atoms with Crippen LogP contribution in [0.3, 0.4) is 0 Å². The van der Waals surface area contributed by atoms with Crippen molar-refractivity contribution in [3.8, 4) is 0 Å². The molecule has 2 unspecified atom stereocenters. The van der Waals surface area contributed by atoms with Crippen LogP contribution in [0, 0.1) is 17.3 Å². The van der Waals surface area contributed by atoms with Gasteiger partial charge in [0.1, 0.15) is 12.2 Å². The molecule has 4 rings (SSSR count). The molecule has 0 saturated heterocycles. The molecule has 4 aliphatic rings. The molecule has 0 amide bonds. The Kier molecular flexibility index (Phi) is 7.99. The van der Waals surface area contributed by atoms with Gasteiger partial charge in [0, 0.05) is 6.42 Å². The van der Waals surface area contributed by atoms with Gasteiger partial charge >= 0.3 is 17.9 Å². The summed E-state index contributed by atoms with van der Waals surface area (Å²) in [5.74, 6) is -8.95. The van der Waals surface area contributed by atoms with Gasteiger partial charge in [-0.05, 0) is 43.9 Å². The van der Waals surface area contributed by atoms with Crippen LogP contribution in [0.1, 0.15) is 38.5 Å². The van der Waals surface area contributed by atoms with E-state index >= 15 is 0 Å². The lowest BCUT2D eigenvalue weighted by atomic mass is 9.48. The molecule has 4 bridgehead atoms. The van der Waals surface area contributed by atoms with E-state index in [1.165, 1.54) is 0 Å². The van der Waals surface area contributed by atoms with Crippen LogP contribution in [-0.4, -0.2) is 86.9 Å². The minimum atomic E-state index is -5.10. The maximum absolute atomic E-state index is 14.0. The van der Waals surface area contributed by atoms with E-state index in [4.69, 9.17) is 28.6 Å². The fraction of sp³-hybridized carbons (Fsp3) is 0.900. The zero-order chi connectivity index (χ0) is 24.3. The lowest BCUT2D eigenvalue weighted by Crippen LogP contribution is -2.61. The number of aliphatic hydroxyl groups is 1. The fourth-order valence-electron chi connectivity index (χ4n) is 5.83. The highest BCUT2D eigenvalue weighted by atomic mass is 32.2. The summed E-state index contributed by atoms with van der Waals surface area (Å²) in [6, 6.07) is 0. The van der Waals surface area contributed by atoms with Gasteiger partial charge < -0.3 is 24.1 Å². The summed E-state index contributed by atoms with van der Waals surface area (Å²) in [4.78, 5) is 25.1. The predicted octanol–water partition coefficient (Wildman–Crippen LogP) is 0.960. The first-order valence-corrected chi connectivity index (χ1v) is 12.5. The van der Waals surface area contributed by atoms with E-state index in [1.807, 2.05) is 0 Å². The zero-order valence-electron chi connectivity index (χ0n) is 18.2. The second-order valence-corrected chi connectivity index (χ2v) is 10.8. The van der Waals surface area contributed by atoms with E-state index in [0.29, 0.717) is 25.7 Å². The number of carbonyl (C=O) groups excluding carboxylic acids is 2. The van der Waals surface area contributed by atoms with Gasteiger partial charge in [0.05, 0.1) is 38.4 Å². The van der Waals surface area contributed by atoms with Crippen LogP contribution in [0.4, 0.5) is 8.78 Å². The molecule has 4 aliphatic carbocycles. The van der Waals surface area contributed by atoms with Crippen molar-refractivity contribution in [2.24, 2.45) is 17.3 Å². The van der Waals surface area contributed by atoms with E-state index in [-0.39, 0.29) is 57.9 Å². The molecule has 33 heavy (non-hydrogen) atoms. The molecule has 0 spiro atoms. The van der Waals surface area contributed by atoms with E-state index < -0.39 is 44.7 Å². The maximum atomic E-state index is 14.0. The van der Waals surface area contributed by atoms with Gasteiger partial charge in [0.2, 0.25) is 0 Å². The van der Waals surface area contributed by atoms with Crippen LogP contribution in [0.5, 0.6) is 0 Å². The number of ether oxygens (including phenoxy) is 4. The molecular formula is C20H30F2O10S. The maximum Gasteiger partial charge on any atom is 0.378 e. The molecule has 0 aromatic rings. The van der Waals surface area contributed by atoms with Crippen molar-refractivity contribution in [2.45, 2.75) is 50.0 Å². The topological polar surface area (TPSA) is 146 Å². The van der Waals surface area contributed by atoms with Crippen LogP contribution in [0.2, 0.25) is 0 Å². The molecule has 2 N–H and O–H groups in total. The zero-order valence-corrected chi connectivity index (χ0v) is 19.0. The number of carbonyl (C=O) groups is 2. The Morgan fingerprint density at radius 2 is 1.55 bits per heavy atom. The summed E-state index contributed by atoms with van der Waals surface area (Å²) in [5.41, 5.74) is -2.24. The molecule has 0 aliphatic heterocycles. The number of rotatable bonds is 13. The standard InChI is InChI=1S/C20H30F2O10S/c21-20(22,13-33(26,27)28)17(25)32-19-10-14-7-15(11-19)9-18(8-14,12-19)16(24)31-6-5-30-4-3-29-2-1-23/h14-15,23H,1-13H2,(H,26,27,28). The van der Waals surface area contributed by atoms with Gasteiger partial charge in [-0.25, -0.2) is 4.79 Å². The third-order valence-corrected chi connectivity index (χ3v) is 7.21. The van der Waals surface area contributed by atoms with Gasteiger partial charge in [0.25, 0.3) is 10.1 Å². The van der Waals surface area contributed by atoms with Crippen LogP contribution >= 0.6 is 0 Å². The Balaban J connectivity index is 1.58. The molecule has 0 radical (unpaired) electrons. The highest BCUT2D eigenvalue weighted by Gasteiger charge is 2.64. The predicted molar refractivity (Wildman–Crippen MR) is 107 cm³/mol. The molecular weight excluding hydrogens is 470 g/mol. The minimum Gasteiger partial charge on any atom is -0.463 e. The highest BCUT2D eigenvalue weighted by Crippen LogP contribution is 2.63. The van der Waals surface area contributed by atoms with Gasteiger partial charge in [-0.15, -0.1) is 0 Å². The van der Waals surface area contributed by atoms with Crippen molar-refractivity contribution in [3.63, 3.8) is 0 Å². The van der Waals surface area contributed by atoms with Crippen molar-refractivity contribution >= 4 is 22.1 Å². The number of esters is 2. The minimum absolute atomic E-state index is 0.00159. The number of aliphatic hydroxyl groups excluding tert-OH is 1. The number of halogens is 2. The molecule has 4 saturated carbocycles. The molecule has 0 heterocycles. The number of hydrogen-bond donors (Lipinski definition) is 2. The van der Waals surface area contributed by atoms with Crippen molar-refractivity contribution in [1.29, 1.82) is 0 Å². The van der Waals surface area contributed by atoms with Crippen LogP contribution in [0.15, 0.2) is 0 Å². The van der Waals surface area contributed by atoms with E-state index in [2.05, 4.69) is 0 Å². The summed E-state index contributed by atoms with van der Waals surface area (Å²) >= 11 is 0. The van der Waals surface area contributed by atoms with Gasteiger partial charge in [-0.3, -0.25) is 9.35 Å². The van der Waals surface area contributed by atoms with Gasteiger partial charge in [-0.2, -0.15) is 17.2 Å². The summed E-state index contributed by atoms with van der Waals surface area (Å²) in [5, 5.41) is 8.61. The molecule has 10 nitrogen and oxygen atoms in total. The average molecular weight is 501 g/mol. The molecule has 0 aromatic heterocycles. The summed E-state index contributed by atoms with van der Waals surface area (Å²) in [6.07, 6.45) is 2.51. The SMILES string of the molecule is O=C(OC12CC3CC(C1)CC(C(=O)OCCOCCOCCO)(C3)C2)C(F)(F)CS(=O)(=O)O. The lowest BCUT2D eigenvalue weighted by molar-refractivity contribution is -0.225. The third kappa shape index (κ3) is 6.59. The van der Waals surface area contributed by atoms with Crippen molar-refractivity contribution in [3.05, 3.63) is 0 Å². The van der Waals surface area contributed by atoms with Crippen LogP contribution in [-0.2, 0) is 38.7 Å². The molecule has 0 aromatic carbocycles. The second-order valence-electron chi connectivity index (χ2n) is 9.33. The lowest BCUT2D eigenvalue weighted by Gasteiger charge is -2.59. The van der Waals surface area contributed by atoms with E-state index in [1.54, 1.807) is 0 Å². The normalized spacial score (nSPS) is 30.9. The largest absolute Gasteiger partial charge is 0.463 e. The first-order chi connectivity index (χ1) is 15.4. The molecule has 4 fully saturated rings. The van der Waals surface area contributed by atoms with Gasteiger partial charge in [0.15, 0.2) is 5.75 Å². The van der Waals surface area contributed by atoms with Crippen molar-refractivity contribution in [2.75, 3.05) is 45.4 Å². The summed E-state index contributed by atoms with van der Waals surface area (Å²) < 4.78 is 79.4. The molecule has 2 atom stereocenters. The Morgan fingerprint density at radius 1 is 0.970 bits per heavy atom. The van der Waals surface area contributed by atoms with E-state index in [9.17, 15) is 26.8 Å². The smallest absolute Gasteiger partial charge is 0.378 e. The van der Waals surface area contributed by atoms with Crippen LogP contribution < -0.4 is 0 Å². The first-order valence-electron chi connectivity index (χ1n) is 10.9. The van der Waals surface area contributed by atoms with Crippen molar-refractivity contribution < 1.29 is 55.4 Å². The van der Waals surface area contributed by atoms with Crippen LogP contribution in [0.25, 0.3) is 0 Å². The third-order valence-electron chi connectivity index (χ3n) is 6.48. The monoisotopic (exact) mass is 500 g/mol.